The number of aryl methyl sites for hydroxylation is 2. The molecule has 0 saturated carbocycles. The Bertz CT molecular complexity index is 503. The van der Waals surface area contributed by atoms with Crippen LogP contribution in [0.3, 0.4) is 0 Å². The van der Waals surface area contributed by atoms with E-state index in [2.05, 4.69) is 23.7 Å². The summed E-state index contributed by atoms with van der Waals surface area (Å²) in [5, 5.41) is 5.56. The van der Waals surface area contributed by atoms with Gasteiger partial charge in [0.25, 0.3) is 0 Å². The summed E-state index contributed by atoms with van der Waals surface area (Å²) in [5.41, 5.74) is 10.5. The predicted octanol–water partition coefficient (Wildman–Crippen LogP) is 3.81. The minimum absolute atomic E-state index is 0.849. The van der Waals surface area contributed by atoms with Crippen LogP contribution in [0.4, 0.5) is 11.4 Å². The van der Waals surface area contributed by atoms with Gasteiger partial charge in [0, 0.05) is 11.4 Å². The van der Waals surface area contributed by atoms with E-state index in [1.54, 1.807) is 11.3 Å². The Kier molecular flexibility index (Phi) is 3.69. The molecule has 0 atom stereocenters. The van der Waals surface area contributed by atoms with Gasteiger partial charge in [-0.15, -0.1) is 11.3 Å². The maximum atomic E-state index is 6.03. The lowest BCUT2D eigenvalue weighted by Crippen LogP contribution is -2.03. The van der Waals surface area contributed by atoms with Crippen LogP contribution in [0.1, 0.15) is 22.9 Å². The molecule has 2 aromatic rings. The second-order valence-electron chi connectivity index (χ2n) is 4.11. The van der Waals surface area contributed by atoms with Crippen molar-refractivity contribution in [3.8, 4) is 0 Å². The molecule has 0 aliphatic heterocycles. The number of benzene rings is 1. The third-order valence-electron chi connectivity index (χ3n) is 2.98. The van der Waals surface area contributed by atoms with Gasteiger partial charge in [-0.3, -0.25) is 0 Å². The largest absolute Gasteiger partial charge is 0.397 e. The van der Waals surface area contributed by atoms with Crippen LogP contribution < -0.4 is 11.1 Å². The molecule has 0 radical (unpaired) electrons. The van der Waals surface area contributed by atoms with Crippen LogP contribution >= 0.6 is 11.3 Å². The van der Waals surface area contributed by atoms with Gasteiger partial charge in [-0.25, -0.2) is 0 Å². The Morgan fingerprint density at radius 2 is 2.12 bits per heavy atom. The molecule has 0 fully saturated rings. The van der Waals surface area contributed by atoms with Crippen molar-refractivity contribution in [1.82, 2.24) is 0 Å². The SMILES string of the molecule is CCc1ccsc1CNc1cccc(C)c1N. The minimum atomic E-state index is 0.849. The van der Waals surface area contributed by atoms with E-state index >= 15 is 0 Å². The number of nitrogen functional groups attached to an aromatic ring is 1. The van der Waals surface area contributed by atoms with Crippen molar-refractivity contribution in [3.63, 3.8) is 0 Å². The molecule has 3 N–H and O–H groups in total. The summed E-state index contributed by atoms with van der Waals surface area (Å²) in [7, 11) is 0. The van der Waals surface area contributed by atoms with Crippen LogP contribution in [0, 0.1) is 6.92 Å². The minimum Gasteiger partial charge on any atom is -0.397 e. The van der Waals surface area contributed by atoms with E-state index in [0.29, 0.717) is 0 Å². The van der Waals surface area contributed by atoms with E-state index in [1.807, 2.05) is 25.1 Å². The van der Waals surface area contributed by atoms with Gasteiger partial charge in [-0.1, -0.05) is 19.1 Å². The molecule has 1 aromatic carbocycles. The third kappa shape index (κ3) is 2.61. The van der Waals surface area contributed by atoms with Gasteiger partial charge in [0.1, 0.15) is 0 Å². The molecule has 0 spiro atoms. The molecule has 0 unspecified atom stereocenters. The summed E-state index contributed by atoms with van der Waals surface area (Å²) >= 11 is 1.80. The third-order valence-corrected chi connectivity index (χ3v) is 3.95. The summed E-state index contributed by atoms with van der Waals surface area (Å²) in [6, 6.07) is 8.29. The van der Waals surface area contributed by atoms with Crippen molar-refractivity contribution in [1.29, 1.82) is 0 Å². The van der Waals surface area contributed by atoms with Gasteiger partial charge in [0.05, 0.1) is 11.4 Å². The molecule has 2 nitrogen and oxygen atoms in total. The highest BCUT2D eigenvalue weighted by atomic mass is 32.1. The lowest BCUT2D eigenvalue weighted by molar-refractivity contribution is 1.08. The van der Waals surface area contributed by atoms with Crippen LogP contribution in [0.25, 0.3) is 0 Å². The molecule has 1 aromatic heterocycles. The Morgan fingerprint density at radius 1 is 1.29 bits per heavy atom. The maximum Gasteiger partial charge on any atom is 0.0579 e. The molecule has 1 heterocycles. The molecule has 0 aliphatic rings. The second-order valence-corrected chi connectivity index (χ2v) is 5.11. The van der Waals surface area contributed by atoms with Gasteiger partial charge in [-0.2, -0.15) is 0 Å². The number of rotatable bonds is 4. The zero-order chi connectivity index (χ0) is 12.3. The van der Waals surface area contributed by atoms with Crippen molar-refractivity contribution >= 4 is 22.7 Å². The monoisotopic (exact) mass is 246 g/mol. The van der Waals surface area contributed by atoms with Crippen molar-refractivity contribution in [3.05, 3.63) is 45.6 Å². The van der Waals surface area contributed by atoms with E-state index in [0.717, 1.165) is 29.9 Å². The zero-order valence-electron chi connectivity index (χ0n) is 10.3. The van der Waals surface area contributed by atoms with E-state index in [1.165, 1.54) is 10.4 Å². The van der Waals surface area contributed by atoms with Crippen LogP contribution in [-0.4, -0.2) is 0 Å². The molecule has 3 heteroatoms. The molecule has 2 rings (SSSR count). The molecule has 0 aliphatic carbocycles. The van der Waals surface area contributed by atoms with E-state index in [9.17, 15) is 0 Å². The molecule has 0 amide bonds. The fraction of sp³-hybridized carbons (Fsp3) is 0.286. The Morgan fingerprint density at radius 3 is 2.88 bits per heavy atom. The first-order valence-corrected chi connectivity index (χ1v) is 6.74. The first kappa shape index (κ1) is 12.0. The van der Waals surface area contributed by atoms with Gasteiger partial charge in [0.15, 0.2) is 0 Å². The summed E-state index contributed by atoms with van der Waals surface area (Å²) in [5.74, 6) is 0. The first-order chi connectivity index (χ1) is 8.22. The van der Waals surface area contributed by atoms with Gasteiger partial charge >= 0.3 is 0 Å². The molecule has 90 valence electrons. The maximum absolute atomic E-state index is 6.03. The number of nitrogens with two attached hydrogens (primary N) is 1. The van der Waals surface area contributed by atoms with E-state index in [4.69, 9.17) is 5.73 Å². The number of para-hydroxylation sites is 1. The second kappa shape index (κ2) is 5.23. The van der Waals surface area contributed by atoms with Crippen LogP contribution in [-0.2, 0) is 13.0 Å². The molecule has 17 heavy (non-hydrogen) atoms. The van der Waals surface area contributed by atoms with Gasteiger partial charge < -0.3 is 11.1 Å². The molecule has 0 saturated heterocycles. The van der Waals surface area contributed by atoms with Crippen LogP contribution in [0.2, 0.25) is 0 Å². The average Bonchev–Trinajstić information content (AvgIpc) is 2.78. The summed E-state index contributed by atoms with van der Waals surface area (Å²) in [4.78, 5) is 1.40. The Balaban J connectivity index is 2.10. The topological polar surface area (TPSA) is 38.0 Å². The standard InChI is InChI=1S/C14H18N2S/c1-3-11-7-8-17-13(11)9-16-12-6-4-5-10(2)14(12)15/h4-8,16H,3,9,15H2,1-2H3. The number of thiophene rings is 1. The summed E-state index contributed by atoms with van der Waals surface area (Å²) in [6.45, 7) is 5.07. The van der Waals surface area contributed by atoms with Gasteiger partial charge in [-0.05, 0) is 42.0 Å². The number of nitrogens with one attached hydrogen (secondary N) is 1. The highest BCUT2D eigenvalue weighted by Crippen LogP contribution is 2.24. The van der Waals surface area contributed by atoms with Crippen molar-refractivity contribution < 1.29 is 0 Å². The van der Waals surface area contributed by atoms with Crippen molar-refractivity contribution in [2.45, 2.75) is 26.8 Å². The number of hydrogen-bond acceptors (Lipinski definition) is 3. The molecular weight excluding hydrogens is 228 g/mol. The van der Waals surface area contributed by atoms with Crippen LogP contribution in [0.15, 0.2) is 29.6 Å². The molecular formula is C14H18N2S. The first-order valence-electron chi connectivity index (χ1n) is 5.86. The summed E-state index contributed by atoms with van der Waals surface area (Å²) in [6.07, 6.45) is 1.09. The van der Waals surface area contributed by atoms with Crippen LogP contribution in [0.5, 0.6) is 0 Å². The Hall–Kier alpha value is -1.48. The number of hydrogen-bond donors (Lipinski definition) is 2. The fourth-order valence-corrected chi connectivity index (χ4v) is 2.76. The quantitative estimate of drug-likeness (QED) is 0.805. The lowest BCUT2D eigenvalue weighted by Gasteiger charge is -2.11. The van der Waals surface area contributed by atoms with E-state index in [-0.39, 0.29) is 0 Å². The zero-order valence-corrected chi connectivity index (χ0v) is 11.1. The lowest BCUT2D eigenvalue weighted by atomic mass is 10.1. The fourth-order valence-electron chi connectivity index (χ4n) is 1.85. The highest BCUT2D eigenvalue weighted by molar-refractivity contribution is 7.10. The predicted molar refractivity (Wildman–Crippen MR) is 76.6 cm³/mol. The normalized spacial score (nSPS) is 10.5. The van der Waals surface area contributed by atoms with E-state index < -0.39 is 0 Å². The van der Waals surface area contributed by atoms with Gasteiger partial charge in [0.2, 0.25) is 0 Å². The molecule has 0 bridgehead atoms. The van der Waals surface area contributed by atoms with Crippen molar-refractivity contribution in [2.75, 3.05) is 11.1 Å². The average molecular weight is 246 g/mol. The Labute approximate surface area is 106 Å². The summed E-state index contributed by atoms with van der Waals surface area (Å²) < 4.78 is 0. The smallest absolute Gasteiger partial charge is 0.0579 e. The highest BCUT2D eigenvalue weighted by Gasteiger charge is 2.04. The van der Waals surface area contributed by atoms with Crippen molar-refractivity contribution in [2.24, 2.45) is 0 Å². The number of anilines is 2.